The van der Waals surface area contributed by atoms with E-state index in [1.807, 2.05) is 6.07 Å². The fraction of sp³-hybridized carbons (Fsp3) is 0.217. The third-order valence-electron chi connectivity index (χ3n) is 5.05. The lowest BCUT2D eigenvalue weighted by Gasteiger charge is -2.27. The van der Waals surface area contributed by atoms with E-state index in [9.17, 15) is 14.0 Å². The lowest BCUT2D eigenvalue weighted by molar-refractivity contribution is 0.0989. The summed E-state index contributed by atoms with van der Waals surface area (Å²) >= 11 is 0. The van der Waals surface area contributed by atoms with Crippen LogP contribution in [-0.4, -0.2) is 17.9 Å². The second kappa shape index (κ2) is 8.41. The SMILES string of the molecule is Cc1occc1C(=O)Nc1cc(NC(=O)c2ccccc2OC2CCC2)ccc1F. The molecule has 2 N–H and O–H groups in total. The summed E-state index contributed by atoms with van der Waals surface area (Å²) in [5, 5.41) is 5.25. The molecule has 0 radical (unpaired) electrons. The van der Waals surface area contributed by atoms with E-state index in [1.54, 1.807) is 25.1 Å². The minimum Gasteiger partial charge on any atom is -0.490 e. The van der Waals surface area contributed by atoms with Gasteiger partial charge in [0.25, 0.3) is 11.8 Å². The Hall–Kier alpha value is -3.61. The molecule has 0 aliphatic heterocycles. The standard InChI is InChI=1S/C23H21FN2O4/c1-14-17(11-12-29-14)22(27)26-20-13-15(9-10-19(20)24)25-23(28)18-7-2-3-8-21(18)30-16-5-4-6-16/h2-3,7-13,16H,4-6H2,1H3,(H,25,28)(H,26,27). The van der Waals surface area contributed by atoms with Gasteiger partial charge in [-0.15, -0.1) is 0 Å². The number of benzene rings is 2. The molecule has 7 heteroatoms. The summed E-state index contributed by atoms with van der Waals surface area (Å²) in [6.45, 7) is 1.64. The van der Waals surface area contributed by atoms with Gasteiger partial charge in [-0.2, -0.15) is 0 Å². The fourth-order valence-corrected chi connectivity index (χ4v) is 3.13. The Labute approximate surface area is 173 Å². The minimum absolute atomic E-state index is 0.0441. The molecule has 1 aliphatic rings. The van der Waals surface area contributed by atoms with Crippen molar-refractivity contribution in [2.24, 2.45) is 0 Å². The number of ether oxygens (including phenoxy) is 1. The molecule has 154 valence electrons. The lowest BCUT2D eigenvalue weighted by atomic mass is 9.96. The third kappa shape index (κ3) is 4.20. The molecule has 1 heterocycles. The van der Waals surface area contributed by atoms with Crippen molar-refractivity contribution in [3.63, 3.8) is 0 Å². The van der Waals surface area contributed by atoms with Crippen LogP contribution in [-0.2, 0) is 0 Å². The van der Waals surface area contributed by atoms with E-state index < -0.39 is 11.7 Å². The van der Waals surface area contributed by atoms with Gasteiger partial charge < -0.3 is 19.8 Å². The summed E-state index contributed by atoms with van der Waals surface area (Å²) in [5.41, 5.74) is 1.01. The molecular formula is C23H21FN2O4. The summed E-state index contributed by atoms with van der Waals surface area (Å²) in [4.78, 5) is 25.1. The predicted molar refractivity (Wildman–Crippen MR) is 110 cm³/mol. The highest BCUT2D eigenvalue weighted by molar-refractivity contribution is 6.07. The van der Waals surface area contributed by atoms with Crippen molar-refractivity contribution in [3.8, 4) is 5.75 Å². The molecule has 2 amide bonds. The third-order valence-corrected chi connectivity index (χ3v) is 5.05. The number of aryl methyl sites for hydroxylation is 1. The largest absolute Gasteiger partial charge is 0.490 e. The molecule has 0 spiro atoms. The molecule has 0 atom stereocenters. The quantitative estimate of drug-likeness (QED) is 0.590. The van der Waals surface area contributed by atoms with E-state index in [2.05, 4.69) is 10.6 Å². The highest BCUT2D eigenvalue weighted by Gasteiger charge is 2.22. The Morgan fingerprint density at radius 3 is 2.50 bits per heavy atom. The summed E-state index contributed by atoms with van der Waals surface area (Å²) in [6, 6.07) is 12.5. The summed E-state index contributed by atoms with van der Waals surface area (Å²) < 4.78 is 25.2. The van der Waals surface area contributed by atoms with Crippen LogP contribution in [0.15, 0.2) is 59.2 Å². The maximum Gasteiger partial charge on any atom is 0.259 e. The molecule has 2 aromatic carbocycles. The molecule has 1 saturated carbocycles. The zero-order chi connectivity index (χ0) is 21.1. The molecule has 0 unspecified atom stereocenters. The smallest absolute Gasteiger partial charge is 0.259 e. The maximum absolute atomic E-state index is 14.2. The highest BCUT2D eigenvalue weighted by atomic mass is 19.1. The number of carbonyl (C=O) groups is 2. The molecule has 4 rings (SSSR count). The van der Waals surface area contributed by atoms with Gasteiger partial charge in [0.1, 0.15) is 17.3 Å². The Morgan fingerprint density at radius 1 is 1.03 bits per heavy atom. The topological polar surface area (TPSA) is 80.6 Å². The number of nitrogens with one attached hydrogen (secondary N) is 2. The van der Waals surface area contributed by atoms with Gasteiger partial charge in [0.05, 0.1) is 29.2 Å². The Morgan fingerprint density at radius 2 is 1.80 bits per heavy atom. The van der Waals surface area contributed by atoms with Crippen molar-refractivity contribution in [1.82, 2.24) is 0 Å². The number of carbonyl (C=O) groups excluding carboxylic acids is 2. The average Bonchev–Trinajstić information content (AvgIpc) is 3.13. The first-order valence-corrected chi connectivity index (χ1v) is 9.73. The van der Waals surface area contributed by atoms with Crippen LogP contribution in [0.3, 0.4) is 0 Å². The highest BCUT2D eigenvalue weighted by Crippen LogP contribution is 2.28. The average molecular weight is 408 g/mol. The van der Waals surface area contributed by atoms with Gasteiger partial charge in [0.2, 0.25) is 0 Å². The molecular weight excluding hydrogens is 387 g/mol. The molecule has 1 aromatic heterocycles. The van der Waals surface area contributed by atoms with Crippen LogP contribution in [0.1, 0.15) is 45.7 Å². The van der Waals surface area contributed by atoms with Crippen LogP contribution < -0.4 is 15.4 Å². The van der Waals surface area contributed by atoms with E-state index >= 15 is 0 Å². The van der Waals surface area contributed by atoms with Gasteiger partial charge in [0.15, 0.2) is 0 Å². The first-order valence-electron chi connectivity index (χ1n) is 9.73. The Balaban J connectivity index is 1.50. The Kier molecular flexibility index (Phi) is 5.52. The van der Waals surface area contributed by atoms with Crippen LogP contribution >= 0.6 is 0 Å². The first kappa shape index (κ1) is 19.7. The van der Waals surface area contributed by atoms with E-state index in [-0.39, 0.29) is 17.7 Å². The normalized spacial score (nSPS) is 13.4. The summed E-state index contributed by atoms with van der Waals surface area (Å²) in [7, 11) is 0. The van der Waals surface area contributed by atoms with Gasteiger partial charge in [-0.3, -0.25) is 9.59 Å². The number of furan rings is 1. The van der Waals surface area contributed by atoms with Crippen LogP contribution in [0.2, 0.25) is 0 Å². The monoisotopic (exact) mass is 408 g/mol. The van der Waals surface area contributed by atoms with E-state index in [1.165, 1.54) is 30.5 Å². The number of amides is 2. The van der Waals surface area contributed by atoms with Crippen LogP contribution in [0.4, 0.5) is 15.8 Å². The lowest BCUT2D eigenvalue weighted by Crippen LogP contribution is -2.26. The number of anilines is 2. The second-order valence-corrected chi connectivity index (χ2v) is 7.16. The van der Waals surface area contributed by atoms with Gasteiger partial charge in [-0.25, -0.2) is 4.39 Å². The number of rotatable bonds is 6. The fourth-order valence-electron chi connectivity index (χ4n) is 3.13. The van der Waals surface area contributed by atoms with Crippen molar-refractivity contribution < 1.29 is 23.1 Å². The molecule has 1 aliphatic carbocycles. The number of hydrogen-bond acceptors (Lipinski definition) is 4. The van der Waals surface area contributed by atoms with E-state index in [0.29, 0.717) is 28.3 Å². The van der Waals surface area contributed by atoms with Crippen molar-refractivity contribution in [3.05, 3.63) is 77.5 Å². The van der Waals surface area contributed by atoms with Gasteiger partial charge in [-0.1, -0.05) is 12.1 Å². The van der Waals surface area contributed by atoms with Gasteiger partial charge in [0, 0.05) is 5.69 Å². The predicted octanol–water partition coefficient (Wildman–Crippen LogP) is 5.16. The zero-order valence-electron chi connectivity index (χ0n) is 16.4. The van der Waals surface area contributed by atoms with E-state index in [4.69, 9.17) is 9.15 Å². The molecule has 0 saturated heterocycles. The van der Waals surface area contributed by atoms with Crippen molar-refractivity contribution in [2.75, 3.05) is 10.6 Å². The number of halogens is 1. The first-order chi connectivity index (χ1) is 14.5. The number of hydrogen-bond donors (Lipinski definition) is 2. The van der Waals surface area contributed by atoms with E-state index in [0.717, 1.165) is 19.3 Å². The second-order valence-electron chi connectivity index (χ2n) is 7.16. The molecule has 0 bridgehead atoms. The van der Waals surface area contributed by atoms with Crippen molar-refractivity contribution >= 4 is 23.2 Å². The van der Waals surface area contributed by atoms with Gasteiger partial charge >= 0.3 is 0 Å². The van der Waals surface area contributed by atoms with Gasteiger partial charge in [-0.05, 0) is 62.6 Å². The van der Waals surface area contributed by atoms with Crippen LogP contribution in [0, 0.1) is 12.7 Å². The van der Waals surface area contributed by atoms with Crippen molar-refractivity contribution in [2.45, 2.75) is 32.3 Å². The minimum atomic E-state index is -0.615. The molecule has 3 aromatic rings. The molecule has 30 heavy (non-hydrogen) atoms. The zero-order valence-corrected chi connectivity index (χ0v) is 16.4. The Bertz CT molecular complexity index is 1090. The summed E-state index contributed by atoms with van der Waals surface area (Å²) in [6.07, 6.45) is 4.61. The van der Waals surface area contributed by atoms with Crippen LogP contribution in [0.5, 0.6) is 5.75 Å². The van der Waals surface area contributed by atoms with Crippen LogP contribution in [0.25, 0.3) is 0 Å². The maximum atomic E-state index is 14.2. The molecule has 1 fully saturated rings. The summed E-state index contributed by atoms with van der Waals surface area (Å²) in [5.74, 6) is -0.537. The molecule has 6 nitrogen and oxygen atoms in total. The number of para-hydroxylation sites is 1. The van der Waals surface area contributed by atoms with Crippen molar-refractivity contribution in [1.29, 1.82) is 0 Å².